The quantitative estimate of drug-likeness (QED) is 0.347. The molecule has 10 heavy (non-hydrogen) atoms. The summed E-state index contributed by atoms with van der Waals surface area (Å²) < 4.78 is 24.3. The third-order valence-electron chi connectivity index (χ3n) is 0.279. The maximum absolute atomic E-state index is 9.99. The van der Waals surface area contributed by atoms with Crippen molar-refractivity contribution in [2.45, 2.75) is 7.43 Å². The van der Waals surface area contributed by atoms with Gasteiger partial charge in [-0.15, -0.1) is 0 Å². The van der Waals surface area contributed by atoms with Gasteiger partial charge in [-0.2, -0.15) is 0 Å². The van der Waals surface area contributed by atoms with Crippen LogP contribution < -0.4 is 0 Å². The summed E-state index contributed by atoms with van der Waals surface area (Å²) in [7, 11) is -4.27. The summed E-state index contributed by atoms with van der Waals surface area (Å²) in [6.45, 7) is 0. The second-order valence-corrected chi connectivity index (χ2v) is 2.01. The van der Waals surface area contributed by atoms with E-state index in [-0.39, 0.29) is 7.43 Å². The molecule has 0 radical (unpaired) electrons. The van der Waals surface area contributed by atoms with Gasteiger partial charge in [0.2, 0.25) is 0 Å². The standard InChI is InChI=1S/CH4.N6O2S/c;1-3-5-9(7,8)6-4-2/h1H4;. The average Bonchev–Trinajstić information content (AvgIpc) is 1.64. The molecule has 0 heterocycles. The van der Waals surface area contributed by atoms with Gasteiger partial charge in [-0.25, -0.2) is 8.42 Å². The van der Waals surface area contributed by atoms with E-state index in [0.717, 1.165) is 0 Å². The normalized spacial score (nSPS) is 8.00. The Labute approximate surface area is 56.9 Å². The highest BCUT2D eigenvalue weighted by Gasteiger charge is 1.99. The molecule has 9 heteroatoms. The van der Waals surface area contributed by atoms with Gasteiger partial charge in [0.1, 0.15) is 0 Å². The Kier molecular flexibility index (Phi) is 5.06. The number of azide groups is 1. The maximum Gasteiger partial charge on any atom is 0.321 e. The SMILES string of the molecule is C.[N-]=[N+]=NS(=O)(=O)N=[N+]=[N-]. The second-order valence-electron chi connectivity index (χ2n) is 0.790. The first-order valence-electron chi connectivity index (χ1n) is 1.50. The predicted molar refractivity (Wildman–Crippen MR) is 33.9 cm³/mol. The van der Waals surface area contributed by atoms with Gasteiger partial charge in [-0.1, -0.05) is 7.43 Å². The van der Waals surface area contributed by atoms with Crippen molar-refractivity contribution < 1.29 is 8.42 Å². The van der Waals surface area contributed by atoms with E-state index in [2.05, 4.69) is 9.04 Å². The van der Waals surface area contributed by atoms with Gasteiger partial charge in [0.15, 0.2) is 0 Å². The van der Waals surface area contributed by atoms with Crippen LogP contribution >= 0.6 is 0 Å². The number of hydrogen-bond donors (Lipinski definition) is 0. The second kappa shape index (κ2) is 4.45. The molecule has 0 N–H and O–H groups in total. The Morgan fingerprint density at radius 2 is 1.40 bits per heavy atom. The van der Waals surface area contributed by atoms with E-state index in [1.807, 2.05) is 9.82 Å². The summed E-state index contributed by atoms with van der Waals surface area (Å²) >= 11 is 0. The molecule has 0 unspecified atom stereocenters. The lowest BCUT2D eigenvalue weighted by atomic mass is 12.0. The highest BCUT2D eigenvalue weighted by molar-refractivity contribution is 7.88. The van der Waals surface area contributed by atoms with Crippen molar-refractivity contribution in [3.8, 4) is 0 Å². The van der Waals surface area contributed by atoms with Crippen molar-refractivity contribution in [2.75, 3.05) is 0 Å². The number of hydrogen-bond acceptors (Lipinski definition) is 2. The van der Waals surface area contributed by atoms with E-state index in [0.29, 0.717) is 0 Å². The van der Waals surface area contributed by atoms with E-state index in [1.165, 1.54) is 0 Å². The number of nitrogens with zero attached hydrogens (tertiary/aromatic N) is 6. The van der Waals surface area contributed by atoms with Crippen LogP contribution in [0.3, 0.4) is 0 Å². The van der Waals surface area contributed by atoms with Crippen LogP contribution in [0, 0.1) is 0 Å². The van der Waals surface area contributed by atoms with Crippen LogP contribution in [-0.2, 0) is 10.2 Å². The predicted octanol–water partition coefficient (Wildman–Crippen LogP) is 1.49. The van der Waals surface area contributed by atoms with Gasteiger partial charge >= 0.3 is 10.2 Å². The van der Waals surface area contributed by atoms with Gasteiger partial charge in [0.25, 0.3) is 0 Å². The summed E-state index contributed by atoms with van der Waals surface area (Å²) in [5, 5.41) is 0. The Morgan fingerprint density at radius 3 is 1.60 bits per heavy atom. The van der Waals surface area contributed by atoms with E-state index >= 15 is 0 Å². The molecule has 0 aliphatic carbocycles. The Morgan fingerprint density at radius 1 is 1.10 bits per heavy atom. The van der Waals surface area contributed by atoms with E-state index in [4.69, 9.17) is 11.1 Å². The zero-order valence-corrected chi connectivity index (χ0v) is 4.72. The molecule has 0 rings (SSSR count). The summed E-state index contributed by atoms with van der Waals surface area (Å²) in [4.78, 5) is 3.80. The Bertz CT molecular complexity index is 253. The van der Waals surface area contributed by atoms with E-state index in [1.54, 1.807) is 0 Å². The first-order valence-corrected chi connectivity index (χ1v) is 2.90. The van der Waals surface area contributed by atoms with Crippen LogP contribution in [0.1, 0.15) is 7.43 Å². The molecule has 0 amide bonds. The van der Waals surface area contributed by atoms with Crippen LogP contribution in [0.15, 0.2) is 9.04 Å². The van der Waals surface area contributed by atoms with Crippen molar-refractivity contribution in [2.24, 2.45) is 9.04 Å². The third kappa shape index (κ3) is 4.72. The summed E-state index contributed by atoms with van der Waals surface area (Å²) in [6, 6.07) is 0. The highest BCUT2D eigenvalue weighted by atomic mass is 32.2. The monoisotopic (exact) mass is 164 g/mol. The van der Waals surface area contributed by atoms with Crippen LogP contribution in [0.25, 0.3) is 20.9 Å². The van der Waals surface area contributed by atoms with Crippen molar-refractivity contribution in [3.63, 3.8) is 0 Å². The Hall–Kier alpha value is -1.43. The molecule has 0 aromatic rings. The van der Waals surface area contributed by atoms with Gasteiger partial charge in [-0.3, -0.25) is 0 Å². The molecule has 0 aliphatic rings. The summed E-state index contributed by atoms with van der Waals surface area (Å²) in [5.74, 6) is 0. The van der Waals surface area contributed by atoms with E-state index in [9.17, 15) is 8.42 Å². The van der Waals surface area contributed by atoms with Crippen LogP contribution in [-0.4, -0.2) is 8.42 Å². The molecule has 8 nitrogen and oxygen atoms in total. The molecule has 0 aromatic carbocycles. The summed E-state index contributed by atoms with van der Waals surface area (Å²) in [6.07, 6.45) is 0. The molecule has 0 saturated carbocycles. The molecule has 56 valence electrons. The molecule has 0 fully saturated rings. The number of rotatable bonds is 2. The van der Waals surface area contributed by atoms with Crippen LogP contribution in [0.2, 0.25) is 0 Å². The Balaban J connectivity index is 0. The minimum absolute atomic E-state index is 0. The fourth-order valence-corrected chi connectivity index (χ4v) is 0.326. The molecule has 0 saturated heterocycles. The fourth-order valence-electron chi connectivity index (χ4n) is 0.109. The lowest BCUT2D eigenvalue weighted by Crippen LogP contribution is -1.82. The van der Waals surface area contributed by atoms with Crippen molar-refractivity contribution in [1.29, 1.82) is 0 Å². The summed E-state index contributed by atoms with van der Waals surface area (Å²) in [5.41, 5.74) is 15.0. The first kappa shape index (κ1) is 11.4. The topological polar surface area (TPSA) is 132 Å². The smallest absolute Gasteiger partial charge is 0.213 e. The lowest BCUT2D eigenvalue weighted by molar-refractivity contribution is 0.599. The average molecular weight is 164 g/mol. The zero-order valence-electron chi connectivity index (χ0n) is 3.91. The van der Waals surface area contributed by atoms with Gasteiger partial charge in [-0.05, 0) is 11.1 Å². The van der Waals surface area contributed by atoms with Crippen molar-refractivity contribution >= 4 is 10.2 Å². The molecular formula is CH4N6O2S. The minimum atomic E-state index is -4.27. The third-order valence-corrected chi connectivity index (χ3v) is 0.838. The van der Waals surface area contributed by atoms with Crippen molar-refractivity contribution in [1.82, 2.24) is 0 Å². The molecule has 0 aromatic heterocycles. The molecular weight excluding hydrogens is 160 g/mol. The van der Waals surface area contributed by atoms with Gasteiger partial charge < -0.3 is 0 Å². The van der Waals surface area contributed by atoms with Crippen LogP contribution in [0.4, 0.5) is 0 Å². The van der Waals surface area contributed by atoms with Crippen molar-refractivity contribution in [3.05, 3.63) is 20.9 Å². The van der Waals surface area contributed by atoms with Gasteiger partial charge in [0, 0.05) is 18.9 Å². The molecule has 0 bridgehead atoms. The first-order chi connectivity index (χ1) is 4.12. The molecule has 0 spiro atoms. The molecule has 0 atom stereocenters. The largest absolute Gasteiger partial charge is 0.321 e. The lowest BCUT2D eigenvalue weighted by Gasteiger charge is -1.73. The van der Waals surface area contributed by atoms with E-state index < -0.39 is 10.2 Å². The van der Waals surface area contributed by atoms with Gasteiger partial charge in [0.05, 0.1) is 0 Å². The minimum Gasteiger partial charge on any atom is -0.213 e. The maximum atomic E-state index is 9.99. The zero-order chi connectivity index (χ0) is 7.33. The molecule has 0 aliphatic heterocycles. The fraction of sp³-hybridized carbons (Fsp3) is 1.00. The highest BCUT2D eigenvalue weighted by Crippen LogP contribution is 1.92. The van der Waals surface area contributed by atoms with Crippen LogP contribution in [0.5, 0.6) is 0 Å².